The number of aromatic nitrogens is 3. The fourth-order valence-corrected chi connectivity index (χ4v) is 2.10. The number of fused-ring (bicyclic) bond motifs is 1. The summed E-state index contributed by atoms with van der Waals surface area (Å²) in [5, 5.41) is 15.9. The second-order valence-corrected chi connectivity index (χ2v) is 4.95. The van der Waals surface area contributed by atoms with Gasteiger partial charge in [-0.2, -0.15) is 22.7 Å². The first-order valence-corrected chi connectivity index (χ1v) is 6.98. The number of anilines is 2. The van der Waals surface area contributed by atoms with Crippen LogP contribution in [0.5, 0.6) is 5.88 Å². The summed E-state index contributed by atoms with van der Waals surface area (Å²) in [5.41, 5.74) is 0.508. The van der Waals surface area contributed by atoms with Gasteiger partial charge in [-0.3, -0.25) is 0 Å². The van der Waals surface area contributed by atoms with E-state index in [1.165, 1.54) is 30.3 Å². The van der Waals surface area contributed by atoms with E-state index in [2.05, 4.69) is 15.4 Å². The molecule has 0 spiro atoms. The average molecular weight is 352 g/mol. The third-order valence-electron chi connectivity index (χ3n) is 3.11. The topological polar surface area (TPSA) is 88.8 Å². The Labute approximate surface area is 138 Å². The molecule has 2 heterocycles. The van der Waals surface area contributed by atoms with Crippen LogP contribution in [0.4, 0.5) is 24.8 Å². The smallest absolute Gasteiger partial charge is 0.422 e. The normalized spacial score (nSPS) is 11.5. The van der Waals surface area contributed by atoms with Crippen molar-refractivity contribution in [2.75, 3.05) is 11.9 Å². The van der Waals surface area contributed by atoms with Crippen molar-refractivity contribution in [1.82, 2.24) is 14.6 Å². The highest BCUT2D eigenvalue weighted by atomic mass is 19.4. The highest BCUT2D eigenvalue weighted by molar-refractivity contribution is 5.94. The number of alkyl halides is 3. The number of hydrogen-bond acceptors (Lipinski definition) is 5. The molecule has 3 aromatic rings. The van der Waals surface area contributed by atoms with Crippen LogP contribution in [0.1, 0.15) is 10.4 Å². The van der Waals surface area contributed by atoms with E-state index in [9.17, 15) is 18.0 Å². The Morgan fingerprint density at radius 2 is 1.96 bits per heavy atom. The first-order valence-electron chi connectivity index (χ1n) is 6.98. The summed E-state index contributed by atoms with van der Waals surface area (Å²) in [6, 6.07) is 10.4. The van der Waals surface area contributed by atoms with E-state index in [1.807, 2.05) is 0 Å². The summed E-state index contributed by atoms with van der Waals surface area (Å²) in [7, 11) is 0. The maximum atomic E-state index is 12.3. The number of rotatable bonds is 5. The number of carboxylic acid groups (broad SMARTS) is 1. The standard InChI is InChI=1S/C15H11F3N4O3/c16-15(17,18)8-25-12-7-3-6-11-20-14(21-22(11)12)19-10-5-2-1-4-9(10)13(23)24/h1-7H,8H2,(H,19,21)(H,23,24). The molecular weight excluding hydrogens is 341 g/mol. The van der Waals surface area contributed by atoms with E-state index >= 15 is 0 Å². The van der Waals surface area contributed by atoms with Crippen LogP contribution in [0, 0.1) is 0 Å². The molecule has 0 saturated heterocycles. The second kappa shape index (κ2) is 6.30. The molecule has 0 unspecified atom stereocenters. The molecule has 2 aromatic heterocycles. The lowest BCUT2D eigenvalue weighted by atomic mass is 10.2. The van der Waals surface area contributed by atoms with Gasteiger partial charge in [-0.15, -0.1) is 5.10 Å². The van der Waals surface area contributed by atoms with Crippen molar-refractivity contribution >= 4 is 23.3 Å². The molecule has 0 aliphatic rings. The summed E-state index contributed by atoms with van der Waals surface area (Å²) in [6.07, 6.45) is -4.48. The van der Waals surface area contributed by atoms with E-state index in [4.69, 9.17) is 9.84 Å². The van der Waals surface area contributed by atoms with Crippen LogP contribution < -0.4 is 10.1 Å². The Bertz CT molecular complexity index is 924. The van der Waals surface area contributed by atoms with Crippen LogP contribution in [-0.4, -0.2) is 38.5 Å². The second-order valence-electron chi connectivity index (χ2n) is 4.95. The minimum atomic E-state index is -4.48. The van der Waals surface area contributed by atoms with Crippen LogP contribution in [0.25, 0.3) is 5.65 Å². The zero-order chi connectivity index (χ0) is 18.0. The first kappa shape index (κ1) is 16.6. The molecule has 3 rings (SSSR count). The number of pyridine rings is 1. The van der Waals surface area contributed by atoms with Gasteiger partial charge in [0.15, 0.2) is 12.3 Å². The summed E-state index contributed by atoms with van der Waals surface area (Å²) >= 11 is 0. The highest BCUT2D eigenvalue weighted by Crippen LogP contribution is 2.22. The van der Waals surface area contributed by atoms with E-state index in [0.717, 1.165) is 4.52 Å². The zero-order valence-corrected chi connectivity index (χ0v) is 12.5. The lowest BCUT2D eigenvalue weighted by Gasteiger charge is -2.09. The molecule has 0 saturated carbocycles. The van der Waals surface area contributed by atoms with Crippen LogP contribution in [0.2, 0.25) is 0 Å². The largest absolute Gasteiger partial charge is 0.478 e. The van der Waals surface area contributed by atoms with E-state index in [-0.39, 0.29) is 28.7 Å². The van der Waals surface area contributed by atoms with Gasteiger partial charge in [0.1, 0.15) is 0 Å². The van der Waals surface area contributed by atoms with Gasteiger partial charge in [-0.25, -0.2) is 4.79 Å². The van der Waals surface area contributed by atoms with Crippen molar-refractivity contribution in [3.63, 3.8) is 0 Å². The number of nitrogens with one attached hydrogen (secondary N) is 1. The lowest BCUT2D eigenvalue weighted by molar-refractivity contribution is -0.154. The molecule has 2 N–H and O–H groups in total. The first-order chi connectivity index (χ1) is 11.8. The number of aromatic carboxylic acids is 1. The number of nitrogens with zero attached hydrogens (tertiary/aromatic N) is 3. The molecule has 0 aliphatic heterocycles. The molecule has 0 atom stereocenters. The monoisotopic (exact) mass is 352 g/mol. The van der Waals surface area contributed by atoms with Gasteiger partial charge in [0, 0.05) is 6.07 Å². The Kier molecular flexibility index (Phi) is 4.17. The van der Waals surface area contributed by atoms with Gasteiger partial charge in [0.25, 0.3) is 0 Å². The van der Waals surface area contributed by atoms with Crippen LogP contribution in [-0.2, 0) is 0 Å². The van der Waals surface area contributed by atoms with Gasteiger partial charge in [-0.05, 0) is 18.2 Å². The predicted molar refractivity (Wildman–Crippen MR) is 81.2 cm³/mol. The van der Waals surface area contributed by atoms with Crippen LogP contribution in [0.15, 0.2) is 42.5 Å². The van der Waals surface area contributed by atoms with Crippen molar-refractivity contribution in [2.45, 2.75) is 6.18 Å². The fraction of sp³-hybridized carbons (Fsp3) is 0.133. The number of para-hydroxylation sites is 1. The molecule has 0 aliphatic carbocycles. The Hall–Kier alpha value is -3.30. The third-order valence-corrected chi connectivity index (χ3v) is 3.11. The molecule has 1 aromatic carbocycles. The number of halogens is 3. The van der Waals surface area contributed by atoms with Crippen molar-refractivity contribution in [3.8, 4) is 5.88 Å². The maximum absolute atomic E-state index is 12.3. The Morgan fingerprint density at radius 1 is 1.20 bits per heavy atom. The molecule has 10 heteroatoms. The number of hydrogen-bond donors (Lipinski definition) is 2. The molecule has 0 bridgehead atoms. The van der Waals surface area contributed by atoms with E-state index in [0.29, 0.717) is 0 Å². The molecule has 7 nitrogen and oxygen atoms in total. The Balaban J connectivity index is 1.91. The highest BCUT2D eigenvalue weighted by Gasteiger charge is 2.29. The summed E-state index contributed by atoms with van der Waals surface area (Å²) < 4.78 is 42.8. The number of carboxylic acids is 1. The average Bonchev–Trinajstić information content (AvgIpc) is 2.95. The van der Waals surface area contributed by atoms with Gasteiger partial charge < -0.3 is 15.2 Å². The predicted octanol–water partition coefficient (Wildman–Crippen LogP) is 3.11. The summed E-state index contributed by atoms with van der Waals surface area (Å²) in [6.45, 7) is -1.46. The Morgan fingerprint density at radius 3 is 2.68 bits per heavy atom. The summed E-state index contributed by atoms with van der Waals surface area (Å²) in [5.74, 6) is -1.25. The van der Waals surface area contributed by atoms with Gasteiger partial charge >= 0.3 is 12.1 Å². The maximum Gasteiger partial charge on any atom is 0.422 e. The number of ether oxygens (including phenoxy) is 1. The lowest BCUT2D eigenvalue weighted by Crippen LogP contribution is -2.20. The van der Waals surface area contributed by atoms with Crippen molar-refractivity contribution in [2.24, 2.45) is 0 Å². The van der Waals surface area contributed by atoms with Crippen molar-refractivity contribution < 1.29 is 27.8 Å². The van der Waals surface area contributed by atoms with Gasteiger partial charge in [0.2, 0.25) is 11.8 Å². The van der Waals surface area contributed by atoms with E-state index in [1.54, 1.807) is 12.1 Å². The molecular formula is C15H11F3N4O3. The van der Waals surface area contributed by atoms with Crippen LogP contribution in [0.3, 0.4) is 0 Å². The quantitative estimate of drug-likeness (QED) is 0.733. The zero-order valence-electron chi connectivity index (χ0n) is 12.5. The van der Waals surface area contributed by atoms with Gasteiger partial charge in [0.05, 0.1) is 11.3 Å². The van der Waals surface area contributed by atoms with Crippen molar-refractivity contribution in [3.05, 3.63) is 48.0 Å². The van der Waals surface area contributed by atoms with Crippen molar-refractivity contribution in [1.29, 1.82) is 0 Å². The summed E-state index contributed by atoms with van der Waals surface area (Å²) in [4.78, 5) is 15.3. The minimum absolute atomic E-state index is 0.00917. The number of benzene rings is 1. The van der Waals surface area contributed by atoms with E-state index < -0.39 is 18.8 Å². The molecule has 0 fully saturated rings. The molecule has 130 valence electrons. The molecule has 0 amide bonds. The minimum Gasteiger partial charge on any atom is -0.478 e. The SMILES string of the molecule is O=C(O)c1ccccc1Nc1nc2cccc(OCC(F)(F)F)n2n1. The van der Waals surface area contributed by atoms with Gasteiger partial charge in [-0.1, -0.05) is 18.2 Å². The third kappa shape index (κ3) is 3.79. The fourth-order valence-electron chi connectivity index (χ4n) is 2.10. The van der Waals surface area contributed by atoms with Crippen LogP contribution >= 0.6 is 0 Å². The molecule has 0 radical (unpaired) electrons. The number of carbonyl (C=O) groups is 1. The molecule has 25 heavy (non-hydrogen) atoms.